The second kappa shape index (κ2) is 6.51. The topological polar surface area (TPSA) is 80.9 Å². The summed E-state index contributed by atoms with van der Waals surface area (Å²) in [4.78, 5) is 18.5. The third-order valence-electron chi connectivity index (χ3n) is 7.38. The van der Waals surface area contributed by atoms with Crippen molar-refractivity contribution in [1.29, 1.82) is 0 Å². The first-order valence-corrected chi connectivity index (χ1v) is 11.3. The van der Waals surface area contributed by atoms with Crippen LogP contribution in [-0.4, -0.2) is 30.3 Å². The molecule has 7 rings (SSSR count). The number of fused-ring (bicyclic) bond motifs is 4. The number of aryl methyl sites for hydroxylation is 1. The van der Waals surface area contributed by atoms with Gasteiger partial charge in [0.05, 0.1) is 24.5 Å². The smallest absolute Gasteiger partial charge is 0.291 e. The van der Waals surface area contributed by atoms with E-state index in [4.69, 9.17) is 4.99 Å². The average molecular weight is 435 g/mol. The number of nitrogens with zero attached hydrogens (tertiary/aromatic N) is 5. The number of benzene rings is 2. The fourth-order valence-corrected chi connectivity index (χ4v) is 5.45. The van der Waals surface area contributed by atoms with Crippen molar-refractivity contribution >= 4 is 33.3 Å². The SMILES string of the molecule is Cn1c2c(c3cnn(Cc4cccc5[nH]ncc45)c(=O)c31)CC(C1(c3ccccc3)CC1)=N2. The maximum absolute atomic E-state index is 13.5. The standard InChI is InChI=1S/C26H22N6O/c1-31-23-20(14-28-32(25(23)33)15-16-6-5-9-21-19(16)13-27-30-21)18-12-22(29-24(18)31)26(10-11-26)17-7-3-2-4-8-17/h2-9,13-14H,10-12,15H2,1H3,(H,27,30). The molecule has 0 amide bonds. The number of H-pyrrole nitrogens is 1. The minimum Gasteiger partial charge on any atom is -0.324 e. The number of nitrogens with one attached hydrogen (secondary N) is 1. The Morgan fingerprint density at radius 1 is 1.03 bits per heavy atom. The average Bonchev–Trinajstić information content (AvgIpc) is 3.18. The summed E-state index contributed by atoms with van der Waals surface area (Å²) >= 11 is 0. The van der Waals surface area contributed by atoms with E-state index in [1.165, 1.54) is 16.0 Å². The van der Waals surface area contributed by atoms with Crippen LogP contribution < -0.4 is 5.56 Å². The van der Waals surface area contributed by atoms with E-state index in [9.17, 15) is 4.79 Å². The summed E-state index contributed by atoms with van der Waals surface area (Å²) in [6.07, 6.45) is 6.67. The third kappa shape index (κ3) is 2.56. The van der Waals surface area contributed by atoms with Gasteiger partial charge in [0.2, 0.25) is 0 Å². The van der Waals surface area contributed by atoms with Gasteiger partial charge in [0.1, 0.15) is 11.3 Å². The van der Waals surface area contributed by atoms with Gasteiger partial charge in [0, 0.05) is 40.9 Å². The molecule has 3 aromatic heterocycles. The van der Waals surface area contributed by atoms with Gasteiger partial charge in [-0.2, -0.15) is 10.2 Å². The van der Waals surface area contributed by atoms with Crippen LogP contribution in [0.5, 0.6) is 0 Å². The molecular weight excluding hydrogens is 412 g/mol. The van der Waals surface area contributed by atoms with E-state index in [-0.39, 0.29) is 11.0 Å². The minimum absolute atomic E-state index is 0.0539. The van der Waals surface area contributed by atoms with E-state index in [1.54, 1.807) is 6.20 Å². The Kier molecular flexibility index (Phi) is 3.66. The van der Waals surface area contributed by atoms with Gasteiger partial charge in [-0.05, 0) is 30.0 Å². The Morgan fingerprint density at radius 2 is 1.88 bits per heavy atom. The molecular formula is C26H22N6O. The predicted octanol–water partition coefficient (Wildman–Crippen LogP) is 4.02. The van der Waals surface area contributed by atoms with Crippen molar-refractivity contribution in [3.8, 4) is 0 Å². The molecule has 0 spiro atoms. The van der Waals surface area contributed by atoms with Crippen LogP contribution in [0.1, 0.15) is 29.5 Å². The lowest BCUT2D eigenvalue weighted by Gasteiger charge is -2.16. The Hall–Kier alpha value is -4.00. The molecule has 0 saturated heterocycles. The van der Waals surface area contributed by atoms with Crippen molar-refractivity contribution in [3.63, 3.8) is 0 Å². The van der Waals surface area contributed by atoms with E-state index in [2.05, 4.69) is 45.6 Å². The number of rotatable bonds is 4. The van der Waals surface area contributed by atoms with Crippen LogP contribution in [0.3, 0.4) is 0 Å². The maximum Gasteiger partial charge on any atom is 0.291 e. The van der Waals surface area contributed by atoms with Crippen molar-refractivity contribution in [2.45, 2.75) is 31.2 Å². The Bertz CT molecular complexity index is 1650. The van der Waals surface area contributed by atoms with Gasteiger partial charge < -0.3 is 4.57 Å². The molecule has 1 aliphatic carbocycles. The van der Waals surface area contributed by atoms with E-state index in [0.717, 1.165) is 52.5 Å². The van der Waals surface area contributed by atoms with Crippen molar-refractivity contribution in [2.24, 2.45) is 12.0 Å². The zero-order valence-electron chi connectivity index (χ0n) is 18.2. The number of aliphatic imine (C=N–C) groups is 1. The molecule has 0 bridgehead atoms. The molecule has 2 aromatic carbocycles. The van der Waals surface area contributed by atoms with E-state index in [1.807, 2.05) is 36.0 Å². The molecule has 1 fully saturated rings. The molecule has 0 unspecified atom stereocenters. The van der Waals surface area contributed by atoms with E-state index in [0.29, 0.717) is 12.1 Å². The van der Waals surface area contributed by atoms with Crippen LogP contribution in [0, 0.1) is 0 Å². The first kappa shape index (κ1) is 18.6. The van der Waals surface area contributed by atoms with Crippen LogP contribution >= 0.6 is 0 Å². The van der Waals surface area contributed by atoms with E-state index >= 15 is 0 Å². The van der Waals surface area contributed by atoms with Crippen LogP contribution in [-0.2, 0) is 25.4 Å². The summed E-state index contributed by atoms with van der Waals surface area (Å²) in [5, 5.41) is 13.6. The highest BCUT2D eigenvalue weighted by Crippen LogP contribution is 2.53. The van der Waals surface area contributed by atoms with Crippen LogP contribution in [0.2, 0.25) is 0 Å². The first-order chi connectivity index (χ1) is 16.2. The molecule has 0 atom stereocenters. The summed E-state index contributed by atoms with van der Waals surface area (Å²) in [5.74, 6) is 0.899. The van der Waals surface area contributed by atoms with Crippen LogP contribution in [0.4, 0.5) is 5.82 Å². The quantitative estimate of drug-likeness (QED) is 0.464. The molecule has 1 saturated carbocycles. The van der Waals surface area contributed by atoms with Crippen LogP contribution in [0.25, 0.3) is 21.8 Å². The van der Waals surface area contributed by atoms with Gasteiger partial charge in [0.15, 0.2) is 0 Å². The minimum atomic E-state index is -0.0918. The summed E-state index contributed by atoms with van der Waals surface area (Å²) in [5.41, 5.74) is 6.27. The van der Waals surface area contributed by atoms with Crippen molar-refractivity contribution in [2.75, 3.05) is 0 Å². The number of aromatic nitrogens is 5. The zero-order chi connectivity index (χ0) is 22.2. The molecule has 7 heteroatoms. The van der Waals surface area contributed by atoms with Crippen LogP contribution in [0.15, 0.2) is 70.7 Å². The van der Waals surface area contributed by atoms with Gasteiger partial charge in [0.25, 0.3) is 5.56 Å². The fraction of sp³-hybridized carbons (Fsp3) is 0.231. The Morgan fingerprint density at radius 3 is 2.70 bits per heavy atom. The van der Waals surface area contributed by atoms with Gasteiger partial charge >= 0.3 is 0 Å². The summed E-state index contributed by atoms with van der Waals surface area (Å²) in [6.45, 7) is 0.396. The molecule has 33 heavy (non-hydrogen) atoms. The second-order valence-electron chi connectivity index (χ2n) is 9.16. The highest BCUT2D eigenvalue weighted by molar-refractivity contribution is 6.07. The van der Waals surface area contributed by atoms with Gasteiger partial charge in [-0.15, -0.1) is 0 Å². The zero-order valence-corrected chi connectivity index (χ0v) is 18.2. The lowest BCUT2D eigenvalue weighted by atomic mass is 9.88. The fourth-order valence-electron chi connectivity index (χ4n) is 5.45. The summed E-state index contributed by atoms with van der Waals surface area (Å²) < 4.78 is 3.49. The highest BCUT2D eigenvalue weighted by atomic mass is 16.1. The van der Waals surface area contributed by atoms with Crippen molar-refractivity contribution in [1.82, 2.24) is 24.5 Å². The maximum atomic E-state index is 13.5. The normalized spacial score (nSPS) is 16.3. The molecule has 0 radical (unpaired) electrons. The molecule has 5 aromatic rings. The van der Waals surface area contributed by atoms with Crippen molar-refractivity contribution < 1.29 is 0 Å². The lowest BCUT2D eigenvalue weighted by Crippen LogP contribution is -2.25. The monoisotopic (exact) mass is 434 g/mol. The molecule has 2 aliphatic rings. The molecule has 162 valence electrons. The van der Waals surface area contributed by atoms with Crippen molar-refractivity contribution in [3.05, 3.63) is 88.0 Å². The van der Waals surface area contributed by atoms with E-state index < -0.39 is 0 Å². The highest BCUT2D eigenvalue weighted by Gasteiger charge is 2.50. The molecule has 4 heterocycles. The van der Waals surface area contributed by atoms with Gasteiger partial charge in [-0.3, -0.25) is 9.89 Å². The number of hydrogen-bond acceptors (Lipinski definition) is 4. The third-order valence-corrected chi connectivity index (χ3v) is 7.38. The summed E-state index contributed by atoms with van der Waals surface area (Å²) in [6, 6.07) is 16.6. The molecule has 1 N–H and O–H groups in total. The molecule has 1 aliphatic heterocycles. The largest absolute Gasteiger partial charge is 0.324 e. The Labute approximate surface area is 189 Å². The summed E-state index contributed by atoms with van der Waals surface area (Å²) in [7, 11) is 1.94. The van der Waals surface area contributed by atoms with Gasteiger partial charge in [-0.25, -0.2) is 9.67 Å². The Balaban J connectivity index is 1.31. The predicted molar refractivity (Wildman–Crippen MR) is 128 cm³/mol. The number of hydrogen-bond donors (Lipinski definition) is 1. The first-order valence-electron chi connectivity index (χ1n) is 11.3. The molecule has 7 nitrogen and oxygen atoms in total. The number of aromatic amines is 1. The van der Waals surface area contributed by atoms with Gasteiger partial charge in [-0.1, -0.05) is 42.5 Å². The second-order valence-corrected chi connectivity index (χ2v) is 9.16. The lowest BCUT2D eigenvalue weighted by molar-refractivity contribution is 0.646.